The minimum absolute atomic E-state index is 0.235. The molecule has 0 saturated carbocycles. The summed E-state index contributed by atoms with van der Waals surface area (Å²) in [5.74, 6) is 0.635. The molecule has 17 heavy (non-hydrogen) atoms. The van der Waals surface area contributed by atoms with Crippen LogP contribution in [0.5, 0.6) is 5.75 Å². The molecule has 0 atom stereocenters. The Morgan fingerprint density at radius 3 is 1.94 bits per heavy atom. The third kappa shape index (κ3) is 2.43. The Bertz CT molecular complexity index is 410. The molecule has 0 N–H and O–H groups in total. The third-order valence-electron chi connectivity index (χ3n) is 3.08. The van der Waals surface area contributed by atoms with Crippen LogP contribution in [0, 0.1) is 13.8 Å². The Hall–Kier alpha value is -1.51. The van der Waals surface area contributed by atoms with Crippen LogP contribution in [0.2, 0.25) is 0 Å². The van der Waals surface area contributed by atoms with Gasteiger partial charge >= 0.3 is 5.97 Å². The molecule has 0 saturated heterocycles. The molecule has 1 rings (SSSR count). The summed E-state index contributed by atoms with van der Waals surface area (Å²) in [5, 5.41) is 0. The zero-order chi connectivity index (χ0) is 13.2. The van der Waals surface area contributed by atoms with Crippen molar-refractivity contribution in [1.82, 2.24) is 0 Å². The van der Waals surface area contributed by atoms with E-state index in [4.69, 9.17) is 9.47 Å². The van der Waals surface area contributed by atoms with Gasteiger partial charge < -0.3 is 9.47 Å². The first-order valence-electron chi connectivity index (χ1n) is 5.58. The van der Waals surface area contributed by atoms with E-state index < -0.39 is 5.41 Å². The molecule has 0 amide bonds. The lowest BCUT2D eigenvalue weighted by Crippen LogP contribution is -2.30. The average Bonchev–Trinajstić information content (AvgIpc) is 2.27. The van der Waals surface area contributed by atoms with Crippen LogP contribution < -0.4 is 4.74 Å². The van der Waals surface area contributed by atoms with E-state index in [9.17, 15) is 4.79 Å². The van der Waals surface area contributed by atoms with Crippen LogP contribution >= 0.6 is 0 Å². The van der Waals surface area contributed by atoms with Gasteiger partial charge in [-0.05, 0) is 44.4 Å². The molecule has 0 heterocycles. The maximum atomic E-state index is 11.8. The first kappa shape index (κ1) is 13.6. The molecule has 3 nitrogen and oxygen atoms in total. The summed E-state index contributed by atoms with van der Waals surface area (Å²) >= 11 is 0. The first-order valence-corrected chi connectivity index (χ1v) is 5.58. The predicted molar refractivity (Wildman–Crippen MR) is 67.5 cm³/mol. The standard InChI is InChI=1S/C14H20O3/c1-9-7-11(8-10(2)12(9)16-5)14(3,4)13(15)17-6/h7-8H,1-6H3. The van der Waals surface area contributed by atoms with E-state index >= 15 is 0 Å². The fourth-order valence-corrected chi connectivity index (χ4v) is 2.01. The third-order valence-corrected chi connectivity index (χ3v) is 3.08. The van der Waals surface area contributed by atoms with Gasteiger partial charge in [0.05, 0.1) is 19.6 Å². The number of hydrogen-bond acceptors (Lipinski definition) is 3. The molecule has 0 radical (unpaired) electrons. The summed E-state index contributed by atoms with van der Waals surface area (Å²) in [7, 11) is 3.06. The van der Waals surface area contributed by atoms with Crippen molar-refractivity contribution in [3.8, 4) is 5.75 Å². The normalized spacial score (nSPS) is 11.2. The zero-order valence-electron chi connectivity index (χ0n) is 11.4. The lowest BCUT2D eigenvalue weighted by Gasteiger charge is -2.24. The van der Waals surface area contributed by atoms with Crippen LogP contribution in [-0.4, -0.2) is 20.2 Å². The van der Waals surface area contributed by atoms with Crippen LogP contribution in [0.4, 0.5) is 0 Å². The molecular weight excluding hydrogens is 216 g/mol. The Morgan fingerprint density at radius 1 is 1.12 bits per heavy atom. The van der Waals surface area contributed by atoms with Crippen molar-refractivity contribution in [2.75, 3.05) is 14.2 Å². The quantitative estimate of drug-likeness (QED) is 0.757. The van der Waals surface area contributed by atoms with Crippen molar-refractivity contribution >= 4 is 5.97 Å². The molecular formula is C14H20O3. The second-order valence-corrected chi connectivity index (χ2v) is 4.76. The SMILES string of the molecule is COC(=O)C(C)(C)c1cc(C)c(OC)c(C)c1. The van der Waals surface area contributed by atoms with Gasteiger partial charge in [-0.1, -0.05) is 12.1 Å². The average molecular weight is 236 g/mol. The molecule has 94 valence electrons. The van der Waals surface area contributed by atoms with E-state index in [2.05, 4.69) is 0 Å². The van der Waals surface area contributed by atoms with Crippen molar-refractivity contribution in [2.24, 2.45) is 0 Å². The molecule has 0 aromatic heterocycles. The van der Waals surface area contributed by atoms with Crippen LogP contribution in [0.1, 0.15) is 30.5 Å². The second-order valence-electron chi connectivity index (χ2n) is 4.76. The van der Waals surface area contributed by atoms with E-state index in [1.165, 1.54) is 7.11 Å². The minimum atomic E-state index is -0.642. The van der Waals surface area contributed by atoms with Gasteiger partial charge in [0.1, 0.15) is 5.75 Å². The molecule has 3 heteroatoms. The highest BCUT2D eigenvalue weighted by Crippen LogP contribution is 2.31. The summed E-state index contributed by atoms with van der Waals surface area (Å²) in [6.07, 6.45) is 0. The number of rotatable bonds is 3. The molecule has 0 bridgehead atoms. The molecule has 1 aromatic carbocycles. The summed E-state index contributed by atoms with van der Waals surface area (Å²) < 4.78 is 10.1. The fourth-order valence-electron chi connectivity index (χ4n) is 2.01. The molecule has 0 aliphatic carbocycles. The predicted octanol–water partition coefficient (Wildman–Crippen LogP) is 2.76. The second kappa shape index (κ2) is 4.78. The molecule has 0 aliphatic heterocycles. The van der Waals surface area contributed by atoms with E-state index in [0.29, 0.717) is 0 Å². The van der Waals surface area contributed by atoms with Crippen molar-refractivity contribution < 1.29 is 14.3 Å². The molecule has 0 spiro atoms. The lowest BCUT2D eigenvalue weighted by molar-refractivity contribution is -0.146. The van der Waals surface area contributed by atoms with E-state index in [0.717, 1.165) is 22.4 Å². The number of benzene rings is 1. The highest BCUT2D eigenvalue weighted by Gasteiger charge is 2.31. The summed E-state index contributed by atoms with van der Waals surface area (Å²) in [4.78, 5) is 11.8. The van der Waals surface area contributed by atoms with Crippen molar-refractivity contribution in [2.45, 2.75) is 33.1 Å². The van der Waals surface area contributed by atoms with Gasteiger partial charge in [-0.2, -0.15) is 0 Å². The van der Waals surface area contributed by atoms with Gasteiger partial charge in [0.2, 0.25) is 0 Å². The van der Waals surface area contributed by atoms with Crippen LogP contribution in [0.15, 0.2) is 12.1 Å². The summed E-state index contributed by atoms with van der Waals surface area (Å²) in [6.45, 7) is 7.67. The largest absolute Gasteiger partial charge is 0.496 e. The van der Waals surface area contributed by atoms with Crippen LogP contribution in [0.3, 0.4) is 0 Å². The van der Waals surface area contributed by atoms with Gasteiger partial charge in [-0.15, -0.1) is 0 Å². The number of hydrogen-bond donors (Lipinski definition) is 0. The highest BCUT2D eigenvalue weighted by molar-refractivity contribution is 5.82. The lowest BCUT2D eigenvalue weighted by atomic mass is 9.83. The number of ether oxygens (including phenoxy) is 2. The Kier molecular flexibility index (Phi) is 3.81. The Labute approximate surface area is 103 Å². The molecule has 1 aromatic rings. The van der Waals surface area contributed by atoms with Gasteiger partial charge in [-0.3, -0.25) is 4.79 Å². The topological polar surface area (TPSA) is 35.5 Å². The monoisotopic (exact) mass is 236 g/mol. The van der Waals surface area contributed by atoms with Gasteiger partial charge in [0, 0.05) is 0 Å². The van der Waals surface area contributed by atoms with Crippen LogP contribution in [-0.2, 0) is 14.9 Å². The number of carbonyl (C=O) groups excluding carboxylic acids is 1. The highest BCUT2D eigenvalue weighted by atomic mass is 16.5. The number of esters is 1. The molecule has 0 aliphatic rings. The summed E-state index contributed by atoms with van der Waals surface area (Å²) in [6, 6.07) is 3.95. The fraction of sp³-hybridized carbons (Fsp3) is 0.500. The number of methoxy groups -OCH3 is 2. The van der Waals surface area contributed by atoms with Gasteiger partial charge in [0.15, 0.2) is 0 Å². The summed E-state index contributed by atoms with van der Waals surface area (Å²) in [5.41, 5.74) is 2.36. The van der Waals surface area contributed by atoms with Crippen molar-refractivity contribution in [3.63, 3.8) is 0 Å². The molecule has 0 fully saturated rings. The van der Waals surface area contributed by atoms with Crippen molar-refractivity contribution in [1.29, 1.82) is 0 Å². The maximum Gasteiger partial charge on any atom is 0.315 e. The minimum Gasteiger partial charge on any atom is -0.496 e. The van der Waals surface area contributed by atoms with Gasteiger partial charge in [0.25, 0.3) is 0 Å². The van der Waals surface area contributed by atoms with E-state index in [-0.39, 0.29) is 5.97 Å². The Balaban J connectivity index is 3.30. The maximum absolute atomic E-state index is 11.8. The number of aryl methyl sites for hydroxylation is 2. The first-order chi connectivity index (χ1) is 7.84. The molecule has 0 unspecified atom stereocenters. The van der Waals surface area contributed by atoms with Crippen LogP contribution in [0.25, 0.3) is 0 Å². The van der Waals surface area contributed by atoms with Crippen molar-refractivity contribution in [3.05, 3.63) is 28.8 Å². The Morgan fingerprint density at radius 2 is 1.59 bits per heavy atom. The van der Waals surface area contributed by atoms with E-state index in [1.54, 1.807) is 7.11 Å². The van der Waals surface area contributed by atoms with Gasteiger partial charge in [-0.25, -0.2) is 0 Å². The number of carbonyl (C=O) groups is 1. The zero-order valence-corrected chi connectivity index (χ0v) is 11.4. The van der Waals surface area contributed by atoms with E-state index in [1.807, 2.05) is 39.8 Å². The smallest absolute Gasteiger partial charge is 0.315 e.